The molecule has 0 spiro atoms. The Hall–Kier alpha value is -6.12. The van der Waals surface area contributed by atoms with E-state index in [0.717, 1.165) is 34.1 Å². The summed E-state index contributed by atoms with van der Waals surface area (Å²) < 4.78 is 0. The molecule has 0 unspecified atom stereocenters. The van der Waals surface area contributed by atoms with Crippen molar-refractivity contribution >= 4 is 55.7 Å². The standard InChI is InChI=1S/C44H32N2/c1-3-17-39(18-4-1)45(43-28-24-33-12-7-9-14-36(33)31-43)41-26-22-35(23-27-41)38-16-11-21-42(30-38)46(40-19-5-2-6-20-40)44-29-25-34-13-8-10-15-37(34)32-44/h1-32H. The maximum atomic E-state index is 2.33. The average Bonchev–Trinajstić information content (AvgIpc) is 3.13. The first-order valence-electron chi connectivity index (χ1n) is 15.7. The van der Waals surface area contributed by atoms with Crippen LogP contribution in [0.4, 0.5) is 34.1 Å². The molecule has 0 bridgehead atoms. The van der Waals surface area contributed by atoms with Crippen LogP contribution in [0, 0.1) is 0 Å². The molecule has 2 nitrogen and oxygen atoms in total. The number of nitrogens with zero attached hydrogens (tertiary/aromatic N) is 2. The monoisotopic (exact) mass is 588 g/mol. The second-order valence-corrected chi connectivity index (χ2v) is 11.5. The highest BCUT2D eigenvalue weighted by atomic mass is 15.1. The molecule has 0 aliphatic rings. The molecule has 0 aromatic heterocycles. The van der Waals surface area contributed by atoms with Crippen LogP contribution in [0.2, 0.25) is 0 Å². The van der Waals surface area contributed by atoms with E-state index in [1.54, 1.807) is 0 Å². The van der Waals surface area contributed by atoms with Crippen LogP contribution >= 0.6 is 0 Å². The fourth-order valence-electron chi connectivity index (χ4n) is 6.31. The van der Waals surface area contributed by atoms with E-state index < -0.39 is 0 Å². The molecule has 8 rings (SSSR count). The Labute approximate surface area is 270 Å². The van der Waals surface area contributed by atoms with Gasteiger partial charge in [0.05, 0.1) is 0 Å². The Morgan fingerprint density at radius 1 is 0.217 bits per heavy atom. The van der Waals surface area contributed by atoms with Crippen molar-refractivity contribution in [2.75, 3.05) is 9.80 Å². The summed E-state index contributed by atoms with van der Waals surface area (Å²) in [6.07, 6.45) is 0. The fourth-order valence-corrected chi connectivity index (χ4v) is 6.31. The van der Waals surface area contributed by atoms with Gasteiger partial charge in [-0.15, -0.1) is 0 Å². The van der Waals surface area contributed by atoms with E-state index in [-0.39, 0.29) is 0 Å². The summed E-state index contributed by atoms with van der Waals surface area (Å²) in [5.41, 5.74) is 9.08. The van der Waals surface area contributed by atoms with Gasteiger partial charge in [-0.25, -0.2) is 0 Å². The van der Waals surface area contributed by atoms with Gasteiger partial charge in [0.1, 0.15) is 0 Å². The van der Waals surface area contributed by atoms with Crippen molar-refractivity contribution in [3.63, 3.8) is 0 Å². The summed E-state index contributed by atoms with van der Waals surface area (Å²) in [5.74, 6) is 0. The summed E-state index contributed by atoms with van der Waals surface area (Å²) in [4.78, 5) is 4.66. The summed E-state index contributed by atoms with van der Waals surface area (Å²) >= 11 is 0. The van der Waals surface area contributed by atoms with Gasteiger partial charge in [0.15, 0.2) is 0 Å². The second kappa shape index (κ2) is 12.1. The summed E-state index contributed by atoms with van der Waals surface area (Å²) in [5, 5.41) is 4.93. The molecular formula is C44H32N2. The van der Waals surface area contributed by atoms with Crippen molar-refractivity contribution in [2.45, 2.75) is 0 Å². The third-order valence-corrected chi connectivity index (χ3v) is 8.57. The lowest BCUT2D eigenvalue weighted by Crippen LogP contribution is -2.10. The quantitative estimate of drug-likeness (QED) is 0.183. The van der Waals surface area contributed by atoms with Gasteiger partial charge in [0.2, 0.25) is 0 Å². The largest absolute Gasteiger partial charge is 0.310 e. The maximum absolute atomic E-state index is 2.33. The highest BCUT2D eigenvalue weighted by Gasteiger charge is 2.16. The normalized spacial score (nSPS) is 11.0. The van der Waals surface area contributed by atoms with Crippen LogP contribution in [-0.2, 0) is 0 Å². The second-order valence-electron chi connectivity index (χ2n) is 11.5. The van der Waals surface area contributed by atoms with Crippen molar-refractivity contribution < 1.29 is 0 Å². The van der Waals surface area contributed by atoms with Gasteiger partial charge in [0, 0.05) is 34.1 Å². The smallest absolute Gasteiger partial charge is 0.0468 e. The molecule has 0 fully saturated rings. The highest BCUT2D eigenvalue weighted by molar-refractivity contribution is 5.91. The number of hydrogen-bond acceptors (Lipinski definition) is 2. The summed E-state index contributed by atoms with van der Waals surface area (Å²) in [6, 6.07) is 69.3. The van der Waals surface area contributed by atoms with Crippen molar-refractivity contribution in [1.82, 2.24) is 0 Å². The van der Waals surface area contributed by atoms with E-state index in [2.05, 4.69) is 204 Å². The lowest BCUT2D eigenvalue weighted by molar-refractivity contribution is 1.28. The molecule has 0 heterocycles. The molecule has 8 aromatic carbocycles. The molecule has 0 saturated carbocycles. The minimum absolute atomic E-state index is 1.11. The highest BCUT2D eigenvalue weighted by Crippen LogP contribution is 2.39. The van der Waals surface area contributed by atoms with Crippen LogP contribution in [0.1, 0.15) is 0 Å². The van der Waals surface area contributed by atoms with Crippen molar-refractivity contribution in [2.24, 2.45) is 0 Å². The third-order valence-electron chi connectivity index (χ3n) is 8.57. The van der Waals surface area contributed by atoms with Crippen LogP contribution in [-0.4, -0.2) is 0 Å². The van der Waals surface area contributed by atoms with Gasteiger partial charge in [-0.1, -0.05) is 121 Å². The summed E-state index contributed by atoms with van der Waals surface area (Å²) in [7, 11) is 0. The van der Waals surface area contributed by atoms with Gasteiger partial charge in [-0.2, -0.15) is 0 Å². The van der Waals surface area contributed by atoms with Gasteiger partial charge >= 0.3 is 0 Å². The minimum atomic E-state index is 1.11. The maximum Gasteiger partial charge on any atom is 0.0468 e. The zero-order valence-corrected chi connectivity index (χ0v) is 25.4. The van der Waals surface area contributed by atoms with E-state index in [1.807, 2.05) is 0 Å². The molecular weight excluding hydrogens is 556 g/mol. The SMILES string of the molecule is c1ccc(N(c2ccc(-c3cccc(N(c4ccccc4)c4ccc5ccccc5c4)c3)cc2)c2ccc3ccccc3c2)cc1. The first-order chi connectivity index (χ1) is 22.8. The van der Waals surface area contributed by atoms with Gasteiger partial charge in [-0.3, -0.25) is 0 Å². The van der Waals surface area contributed by atoms with Gasteiger partial charge in [0.25, 0.3) is 0 Å². The van der Waals surface area contributed by atoms with Crippen molar-refractivity contribution in [3.05, 3.63) is 194 Å². The number of benzene rings is 8. The number of rotatable bonds is 7. The number of hydrogen-bond donors (Lipinski definition) is 0. The Bertz CT molecular complexity index is 2260. The number of para-hydroxylation sites is 2. The van der Waals surface area contributed by atoms with Gasteiger partial charge in [-0.05, 0) is 105 Å². The molecule has 0 amide bonds. The lowest BCUT2D eigenvalue weighted by Gasteiger charge is -2.27. The first-order valence-corrected chi connectivity index (χ1v) is 15.7. The molecule has 0 N–H and O–H groups in total. The molecule has 46 heavy (non-hydrogen) atoms. The van der Waals surface area contributed by atoms with Crippen LogP contribution in [0.25, 0.3) is 32.7 Å². The van der Waals surface area contributed by atoms with Crippen LogP contribution < -0.4 is 9.80 Å². The van der Waals surface area contributed by atoms with Crippen LogP contribution in [0.3, 0.4) is 0 Å². The van der Waals surface area contributed by atoms with Crippen LogP contribution in [0.15, 0.2) is 194 Å². The Morgan fingerprint density at radius 3 is 1.15 bits per heavy atom. The predicted molar refractivity (Wildman–Crippen MR) is 196 cm³/mol. The van der Waals surface area contributed by atoms with E-state index in [4.69, 9.17) is 0 Å². The molecule has 0 atom stereocenters. The zero-order chi connectivity index (χ0) is 30.7. The predicted octanol–water partition coefficient (Wildman–Crippen LogP) is 12.6. The minimum Gasteiger partial charge on any atom is -0.310 e. The van der Waals surface area contributed by atoms with E-state index in [9.17, 15) is 0 Å². The molecule has 0 aliphatic heterocycles. The van der Waals surface area contributed by atoms with Crippen LogP contribution in [0.5, 0.6) is 0 Å². The average molecular weight is 589 g/mol. The molecule has 2 heteroatoms. The Kier molecular flexibility index (Phi) is 7.22. The molecule has 8 aromatic rings. The molecule has 0 radical (unpaired) electrons. The number of fused-ring (bicyclic) bond motifs is 2. The third kappa shape index (κ3) is 5.38. The number of anilines is 6. The topological polar surface area (TPSA) is 6.48 Å². The first kappa shape index (κ1) is 27.4. The summed E-state index contributed by atoms with van der Waals surface area (Å²) in [6.45, 7) is 0. The van der Waals surface area contributed by atoms with Gasteiger partial charge < -0.3 is 9.80 Å². The van der Waals surface area contributed by atoms with E-state index in [1.165, 1.54) is 32.7 Å². The van der Waals surface area contributed by atoms with Crippen molar-refractivity contribution in [3.8, 4) is 11.1 Å². The molecule has 0 saturated heterocycles. The lowest BCUT2D eigenvalue weighted by atomic mass is 10.0. The Morgan fingerprint density at radius 2 is 0.609 bits per heavy atom. The molecule has 218 valence electrons. The van der Waals surface area contributed by atoms with Crippen molar-refractivity contribution in [1.29, 1.82) is 0 Å². The van der Waals surface area contributed by atoms with E-state index >= 15 is 0 Å². The zero-order valence-electron chi connectivity index (χ0n) is 25.4. The Balaban J connectivity index is 1.17. The van der Waals surface area contributed by atoms with E-state index in [0.29, 0.717) is 0 Å². The fraction of sp³-hybridized carbons (Fsp3) is 0. The molecule has 0 aliphatic carbocycles.